The van der Waals surface area contributed by atoms with Crippen molar-refractivity contribution < 1.29 is 4.74 Å². The molecule has 0 saturated carbocycles. The summed E-state index contributed by atoms with van der Waals surface area (Å²) in [6.07, 6.45) is 1.05. The van der Waals surface area contributed by atoms with E-state index in [1.165, 1.54) is 16.7 Å². The highest BCUT2D eigenvalue weighted by Crippen LogP contribution is 2.15. The number of morpholine rings is 1. The van der Waals surface area contributed by atoms with Crippen LogP contribution >= 0.6 is 0 Å². The molecule has 0 bridgehead atoms. The second-order valence-corrected chi connectivity index (χ2v) is 5.47. The normalized spacial score (nSPS) is 23.0. The minimum Gasteiger partial charge on any atom is -0.374 e. The second kappa shape index (κ2) is 5.83. The number of likely N-dealkylation sites (N-methyl/N-ethyl adjacent to an activating group) is 1. The largest absolute Gasteiger partial charge is 0.374 e. The van der Waals surface area contributed by atoms with Gasteiger partial charge in [0.25, 0.3) is 0 Å². The van der Waals surface area contributed by atoms with Gasteiger partial charge in [-0.15, -0.1) is 0 Å². The van der Waals surface area contributed by atoms with Gasteiger partial charge >= 0.3 is 0 Å². The molecule has 0 radical (unpaired) electrons. The van der Waals surface area contributed by atoms with Gasteiger partial charge in [-0.3, -0.25) is 0 Å². The Morgan fingerprint density at radius 2 is 2.22 bits per heavy atom. The van der Waals surface area contributed by atoms with Crippen molar-refractivity contribution >= 4 is 0 Å². The standard InChI is InChI=1S/C15H24N2O/c1-11-4-5-12(2)13(8-11)9-14(16)15-10-17(3)6-7-18-15/h4-5,8,14-15H,6-7,9-10,16H2,1-3H3. The van der Waals surface area contributed by atoms with Gasteiger partial charge < -0.3 is 15.4 Å². The fourth-order valence-electron chi connectivity index (χ4n) is 2.48. The molecule has 2 N–H and O–H groups in total. The van der Waals surface area contributed by atoms with Crippen molar-refractivity contribution in [3.8, 4) is 0 Å². The van der Waals surface area contributed by atoms with Gasteiger partial charge in [0, 0.05) is 19.1 Å². The molecular formula is C15H24N2O. The van der Waals surface area contributed by atoms with Crippen LogP contribution in [0.3, 0.4) is 0 Å². The molecule has 3 heteroatoms. The van der Waals surface area contributed by atoms with Crippen molar-refractivity contribution in [2.75, 3.05) is 26.7 Å². The molecule has 0 amide bonds. The molecule has 3 nitrogen and oxygen atoms in total. The molecule has 1 saturated heterocycles. The smallest absolute Gasteiger partial charge is 0.0856 e. The number of hydrogen-bond donors (Lipinski definition) is 1. The molecule has 0 aliphatic carbocycles. The highest BCUT2D eigenvalue weighted by atomic mass is 16.5. The third-order valence-corrected chi connectivity index (χ3v) is 3.73. The summed E-state index contributed by atoms with van der Waals surface area (Å²) in [5.41, 5.74) is 10.3. The monoisotopic (exact) mass is 248 g/mol. The first-order valence-corrected chi connectivity index (χ1v) is 6.68. The lowest BCUT2D eigenvalue weighted by Crippen LogP contribution is -2.50. The predicted molar refractivity (Wildman–Crippen MR) is 74.8 cm³/mol. The van der Waals surface area contributed by atoms with Crippen LogP contribution in [0.4, 0.5) is 0 Å². The van der Waals surface area contributed by atoms with E-state index in [1.54, 1.807) is 0 Å². The molecule has 1 heterocycles. The Kier molecular flexibility index (Phi) is 4.38. The summed E-state index contributed by atoms with van der Waals surface area (Å²) < 4.78 is 5.79. The molecule has 2 rings (SSSR count). The maximum Gasteiger partial charge on any atom is 0.0856 e. The molecule has 1 aromatic rings. The van der Waals surface area contributed by atoms with Gasteiger partial charge in [0.1, 0.15) is 0 Å². The van der Waals surface area contributed by atoms with Crippen LogP contribution < -0.4 is 5.73 Å². The van der Waals surface area contributed by atoms with Gasteiger partial charge in [-0.25, -0.2) is 0 Å². The average Bonchev–Trinajstić information content (AvgIpc) is 2.34. The molecule has 1 fully saturated rings. The number of hydrogen-bond acceptors (Lipinski definition) is 3. The first kappa shape index (κ1) is 13.5. The van der Waals surface area contributed by atoms with E-state index in [0.717, 1.165) is 26.1 Å². The van der Waals surface area contributed by atoms with Gasteiger partial charge in [-0.05, 0) is 38.4 Å². The van der Waals surface area contributed by atoms with E-state index >= 15 is 0 Å². The van der Waals surface area contributed by atoms with Crippen LogP contribution in [0.15, 0.2) is 18.2 Å². The van der Waals surface area contributed by atoms with Gasteiger partial charge in [0.05, 0.1) is 12.7 Å². The van der Waals surface area contributed by atoms with Gasteiger partial charge in [-0.2, -0.15) is 0 Å². The molecule has 2 unspecified atom stereocenters. The molecule has 0 spiro atoms. The van der Waals surface area contributed by atoms with Crippen LogP contribution in [0, 0.1) is 13.8 Å². The first-order chi connectivity index (χ1) is 8.56. The van der Waals surface area contributed by atoms with E-state index in [-0.39, 0.29) is 12.1 Å². The van der Waals surface area contributed by atoms with E-state index in [9.17, 15) is 0 Å². The topological polar surface area (TPSA) is 38.5 Å². The van der Waals surface area contributed by atoms with Crippen LogP contribution in [0.1, 0.15) is 16.7 Å². The van der Waals surface area contributed by atoms with E-state index in [1.807, 2.05) is 0 Å². The number of aryl methyl sites for hydroxylation is 2. The average molecular weight is 248 g/mol. The zero-order chi connectivity index (χ0) is 13.1. The number of rotatable bonds is 3. The Balaban J connectivity index is 2.01. The van der Waals surface area contributed by atoms with Crippen molar-refractivity contribution in [3.63, 3.8) is 0 Å². The molecule has 100 valence electrons. The highest BCUT2D eigenvalue weighted by molar-refractivity contribution is 5.31. The van der Waals surface area contributed by atoms with E-state index in [2.05, 4.69) is 44.0 Å². The zero-order valence-electron chi connectivity index (χ0n) is 11.6. The Morgan fingerprint density at radius 3 is 2.94 bits per heavy atom. The fourth-order valence-corrected chi connectivity index (χ4v) is 2.48. The quantitative estimate of drug-likeness (QED) is 0.881. The first-order valence-electron chi connectivity index (χ1n) is 6.68. The van der Waals surface area contributed by atoms with Crippen LogP contribution in [-0.4, -0.2) is 43.8 Å². The second-order valence-electron chi connectivity index (χ2n) is 5.47. The molecule has 18 heavy (non-hydrogen) atoms. The van der Waals surface area contributed by atoms with E-state index in [4.69, 9.17) is 10.5 Å². The van der Waals surface area contributed by atoms with Crippen LogP contribution in [0.2, 0.25) is 0 Å². The third kappa shape index (κ3) is 3.31. The Bertz CT molecular complexity index is 405. The third-order valence-electron chi connectivity index (χ3n) is 3.73. The highest BCUT2D eigenvalue weighted by Gasteiger charge is 2.24. The summed E-state index contributed by atoms with van der Waals surface area (Å²) in [4.78, 5) is 2.29. The lowest BCUT2D eigenvalue weighted by molar-refractivity contribution is -0.0319. The lowest BCUT2D eigenvalue weighted by atomic mass is 9.96. The summed E-state index contributed by atoms with van der Waals surface area (Å²) >= 11 is 0. The minimum absolute atomic E-state index is 0.0771. The molecule has 0 aromatic heterocycles. The molecule has 1 aromatic carbocycles. The molecule has 1 aliphatic rings. The van der Waals surface area contributed by atoms with Crippen molar-refractivity contribution in [3.05, 3.63) is 34.9 Å². The number of nitrogens with zero attached hydrogens (tertiary/aromatic N) is 1. The number of nitrogens with two attached hydrogens (primary N) is 1. The summed E-state index contributed by atoms with van der Waals surface area (Å²) in [5.74, 6) is 0. The van der Waals surface area contributed by atoms with Gasteiger partial charge in [0.2, 0.25) is 0 Å². The van der Waals surface area contributed by atoms with E-state index in [0.29, 0.717) is 0 Å². The molecular weight excluding hydrogens is 224 g/mol. The Hall–Kier alpha value is -0.900. The molecule has 1 aliphatic heterocycles. The van der Waals surface area contributed by atoms with Crippen LogP contribution in [-0.2, 0) is 11.2 Å². The SMILES string of the molecule is Cc1ccc(C)c(CC(N)C2CN(C)CCO2)c1. The summed E-state index contributed by atoms with van der Waals surface area (Å²) in [5, 5.41) is 0. The van der Waals surface area contributed by atoms with Crippen molar-refractivity contribution in [2.24, 2.45) is 5.73 Å². The predicted octanol–water partition coefficient (Wildman–Crippen LogP) is 1.50. The Labute approximate surface area is 110 Å². The minimum atomic E-state index is 0.0771. The van der Waals surface area contributed by atoms with Gasteiger partial charge in [0.15, 0.2) is 0 Å². The summed E-state index contributed by atoms with van der Waals surface area (Å²) in [6.45, 7) is 7.01. The lowest BCUT2D eigenvalue weighted by Gasteiger charge is -2.33. The maximum absolute atomic E-state index is 6.31. The number of benzene rings is 1. The van der Waals surface area contributed by atoms with E-state index < -0.39 is 0 Å². The van der Waals surface area contributed by atoms with Crippen LogP contribution in [0.5, 0.6) is 0 Å². The zero-order valence-corrected chi connectivity index (χ0v) is 11.6. The van der Waals surface area contributed by atoms with Crippen LogP contribution in [0.25, 0.3) is 0 Å². The molecule has 2 atom stereocenters. The van der Waals surface area contributed by atoms with Crippen molar-refractivity contribution in [2.45, 2.75) is 32.4 Å². The summed E-state index contributed by atoms with van der Waals surface area (Å²) in [6, 6.07) is 6.63. The van der Waals surface area contributed by atoms with Crippen molar-refractivity contribution in [1.82, 2.24) is 4.90 Å². The van der Waals surface area contributed by atoms with Crippen molar-refractivity contribution in [1.29, 1.82) is 0 Å². The Morgan fingerprint density at radius 1 is 1.44 bits per heavy atom. The maximum atomic E-state index is 6.31. The van der Waals surface area contributed by atoms with Gasteiger partial charge in [-0.1, -0.05) is 23.8 Å². The number of ether oxygens (including phenoxy) is 1. The fraction of sp³-hybridized carbons (Fsp3) is 0.600. The summed E-state index contributed by atoms with van der Waals surface area (Å²) in [7, 11) is 2.13.